The van der Waals surface area contributed by atoms with Crippen LogP contribution in [0, 0.1) is 0 Å². The maximum atomic E-state index is 11.8. The molecule has 24 heavy (non-hydrogen) atoms. The molecule has 0 rings (SSSR count). The number of hydrogen-bond donors (Lipinski definition) is 5. The molecular formula is C15H26O9. The molecular weight excluding hydrogens is 324 g/mol. The summed E-state index contributed by atoms with van der Waals surface area (Å²) in [4.78, 5) is 23.1. The Balaban J connectivity index is 5.46. The molecule has 0 aliphatic heterocycles. The highest BCUT2D eigenvalue weighted by Crippen LogP contribution is 2.19. The summed E-state index contributed by atoms with van der Waals surface area (Å²) in [6.07, 6.45) is -8.44. The second kappa shape index (κ2) is 9.82. The molecule has 0 aromatic rings. The van der Waals surface area contributed by atoms with Crippen LogP contribution in [-0.4, -0.2) is 80.2 Å². The Kier molecular flexibility index (Phi) is 9.26. The van der Waals surface area contributed by atoms with Gasteiger partial charge < -0.3 is 35.0 Å². The number of ketones is 1. The monoisotopic (exact) mass is 350 g/mol. The van der Waals surface area contributed by atoms with Crippen molar-refractivity contribution in [3.05, 3.63) is 12.7 Å². The molecule has 0 aliphatic carbocycles. The fraction of sp³-hybridized carbons (Fsp3) is 0.733. The molecule has 0 amide bonds. The number of allylic oxidation sites excluding steroid dienone is 1. The van der Waals surface area contributed by atoms with Crippen LogP contribution in [0.1, 0.15) is 27.2 Å². The number of aliphatic hydroxyl groups excluding tert-OH is 4. The van der Waals surface area contributed by atoms with E-state index in [1.165, 1.54) is 6.08 Å². The summed E-state index contributed by atoms with van der Waals surface area (Å²) in [5.41, 5.74) is -0.940. The van der Waals surface area contributed by atoms with Crippen LogP contribution >= 0.6 is 0 Å². The topological polar surface area (TPSA) is 154 Å². The molecule has 1 unspecified atom stereocenters. The number of ether oxygens (including phenoxy) is 2. The zero-order valence-electron chi connectivity index (χ0n) is 14.0. The predicted molar refractivity (Wildman–Crippen MR) is 82.1 cm³/mol. The van der Waals surface area contributed by atoms with E-state index in [9.17, 15) is 24.9 Å². The highest BCUT2D eigenvalue weighted by atomic mass is 16.7. The summed E-state index contributed by atoms with van der Waals surface area (Å²) in [7, 11) is 0. The molecule has 0 aromatic heterocycles. The Morgan fingerprint density at radius 2 is 1.75 bits per heavy atom. The van der Waals surface area contributed by atoms with Gasteiger partial charge >= 0.3 is 5.97 Å². The average molecular weight is 350 g/mol. The van der Waals surface area contributed by atoms with Gasteiger partial charge in [-0.1, -0.05) is 6.08 Å². The van der Waals surface area contributed by atoms with Crippen LogP contribution in [0.3, 0.4) is 0 Å². The minimum atomic E-state index is -1.95. The summed E-state index contributed by atoms with van der Waals surface area (Å²) in [6, 6.07) is 0. The Morgan fingerprint density at radius 1 is 1.21 bits per heavy atom. The van der Waals surface area contributed by atoms with Crippen LogP contribution in [0.4, 0.5) is 0 Å². The van der Waals surface area contributed by atoms with Crippen molar-refractivity contribution in [2.24, 2.45) is 0 Å². The lowest BCUT2D eigenvalue weighted by Gasteiger charge is -2.33. The first-order valence-electron chi connectivity index (χ1n) is 7.29. The molecule has 0 radical (unpaired) electrons. The highest BCUT2D eigenvalue weighted by Gasteiger charge is 2.40. The van der Waals surface area contributed by atoms with Gasteiger partial charge in [-0.25, -0.2) is 4.79 Å². The van der Waals surface area contributed by atoms with Crippen LogP contribution < -0.4 is 0 Å². The van der Waals surface area contributed by atoms with Gasteiger partial charge in [0.15, 0.2) is 5.78 Å². The summed E-state index contributed by atoms with van der Waals surface area (Å²) < 4.78 is 10.2. The maximum Gasteiger partial charge on any atom is 0.361 e. The lowest BCUT2D eigenvalue weighted by Crippen LogP contribution is -2.53. The zero-order valence-corrected chi connectivity index (χ0v) is 14.0. The first kappa shape index (κ1) is 22.6. The number of aliphatic hydroxyl groups is 4. The van der Waals surface area contributed by atoms with E-state index in [2.05, 4.69) is 6.58 Å². The number of aliphatic carboxylic acids is 1. The largest absolute Gasteiger partial charge is 0.477 e. The third kappa shape index (κ3) is 7.47. The van der Waals surface area contributed by atoms with E-state index in [4.69, 9.17) is 19.7 Å². The molecule has 0 saturated carbocycles. The summed E-state index contributed by atoms with van der Waals surface area (Å²) in [5.74, 6) is -2.36. The Labute approximate surface area is 140 Å². The van der Waals surface area contributed by atoms with E-state index in [-0.39, 0.29) is 6.42 Å². The number of carbonyl (C=O) groups excluding carboxylic acids is 1. The Hall–Kier alpha value is -1.36. The van der Waals surface area contributed by atoms with E-state index >= 15 is 0 Å². The van der Waals surface area contributed by atoms with Gasteiger partial charge in [0.25, 0.3) is 6.29 Å². The summed E-state index contributed by atoms with van der Waals surface area (Å²) >= 11 is 0. The van der Waals surface area contributed by atoms with Crippen molar-refractivity contribution in [2.75, 3.05) is 6.61 Å². The zero-order chi connectivity index (χ0) is 19.1. The van der Waals surface area contributed by atoms with Crippen LogP contribution in [0.5, 0.6) is 0 Å². The number of rotatable bonds is 11. The lowest BCUT2D eigenvalue weighted by atomic mass is 9.98. The van der Waals surface area contributed by atoms with Crippen LogP contribution in [0.25, 0.3) is 0 Å². The fourth-order valence-electron chi connectivity index (χ4n) is 1.72. The lowest BCUT2D eigenvalue weighted by molar-refractivity contribution is -0.254. The van der Waals surface area contributed by atoms with E-state index in [0.717, 1.165) is 0 Å². The Bertz CT molecular complexity index is 429. The van der Waals surface area contributed by atoms with E-state index in [0.29, 0.717) is 0 Å². The molecule has 5 N–H and O–H groups in total. The molecule has 0 aliphatic rings. The number of carboxylic acids is 1. The van der Waals surface area contributed by atoms with Crippen LogP contribution in [-0.2, 0) is 19.1 Å². The first-order chi connectivity index (χ1) is 10.9. The van der Waals surface area contributed by atoms with Crippen molar-refractivity contribution in [3.8, 4) is 0 Å². The second-order valence-corrected chi connectivity index (χ2v) is 6.15. The highest BCUT2D eigenvalue weighted by molar-refractivity contribution is 5.84. The SMILES string of the molecule is C=CCC(=O)[C@H](O)[C@@H](OC(OC(C)(C)C)C(=O)O)[C@@H](O)[C@H](O)CO. The van der Waals surface area contributed by atoms with Gasteiger partial charge in [-0.2, -0.15) is 0 Å². The molecule has 0 heterocycles. The number of carbonyl (C=O) groups is 2. The van der Waals surface area contributed by atoms with Gasteiger partial charge in [-0.3, -0.25) is 4.79 Å². The normalized spacial score (nSPS) is 18.3. The molecule has 9 heteroatoms. The van der Waals surface area contributed by atoms with E-state index < -0.39 is 54.7 Å². The van der Waals surface area contributed by atoms with E-state index in [1.54, 1.807) is 20.8 Å². The van der Waals surface area contributed by atoms with Crippen molar-refractivity contribution < 1.29 is 44.6 Å². The van der Waals surface area contributed by atoms with Gasteiger partial charge in [0.05, 0.1) is 12.2 Å². The molecule has 0 spiro atoms. The van der Waals surface area contributed by atoms with Crippen molar-refractivity contribution in [2.45, 2.75) is 63.5 Å². The quantitative estimate of drug-likeness (QED) is 0.229. The molecule has 9 nitrogen and oxygen atoms in total. The molecule has 0 aromatic carbocycles. The van der Waals surface area contributed by atoms with Crippen molar-refractivity contribution in [1.29, 1.82) is 0 Å². The minimum absolute atomic E-state index is 0.263. The van der Waals surface area contributed by atoms with Crippen molar-refractivity contribution in [1.82, 2.24) is 0 Å². The second-order valence-electron chi connectivity index (χ2n) is 6.15. The van der Waals surface area contributed by atoms with E-state index in [1.807, 2.05) is 0 Å². The third-order valence-corrected chi connectivity index (χ3v) is 2.85. The number of hydrogen-bond acceptors (Lipinski definition) is 8. The standard InChI is InChI=1S/C15H26O9/c1-5-6-8(17)10(19)12(11(20)9(18)7-16)23-14(13(21)22)24-15(2,3)4/h5,9-12,14,16,18-20H,1,6-7H2,2-4H3,(H,21,22)/t9-,10+,11+,12-,14?/m1/s1. The van der Waals surface area contributed by atoms with Gasteiger partial charge in [0, 0.05) is 6.42 Å². The van der Waals surface area contributed by atoms with Gasteiger partial charge in [-0.05, 0) is 20.8 Å². The van der Waals surface area contributed by atoms with Gasteiger partial charge in [0.2, 0.25) is 0 Å². The average Bonchev–Trinajstić information content (AvgIpc) is 2.48. The molecule has 0 fully saturated rings. The Morgan fingerprint density at radius 3 is 2.12 bits per heavy atom. The molecule has 5 atom stereocenters. The molecule has 140 valence electrons. The van der Waals surface area contributed by atoms with Gasteiger partial charge in [0.1, 0.15) is 24.4 Å². The van der Waals surface area contributed by atoms with Crippen LogP contribution in [0.2, 0.25) is 0 Å². The van der Waals surface area contributed by atoms with Crippen LogP contribution in [0.15, 0.2) is 12.7 Å². The fourth-order valence-corrected chi connectivity index (χ4v) is 1.72. The molecule has 0 bridgehead atoms. The maximum absolute atomic E-state index is 11.8. The van der Waals surface area contributed by atoms with Crippen molar-refractivity contribution in [3.63, 3.8) is 0 Å². The summed E-state index contributed by atoms with van der Waals surface area (Å²) in [6.45, 7) is 7.11. The third-order valence-electron chi connectivity index (χ3n) is 2.85. The number of carboxylic acid groups (broad SMARTS) is 1. The molecule has 0 saturated heterocycles. The minimum Gasteiger partial charge on any atom is -0.477 e. The predicted octanol–water partition coefficient (Wildman–Crippen LogP) is -1.18. The van der Waals surface area contributed by atoms with Crippen molar-refractivity contribution >= 4 is 11.8 Å². The summed E-state index contributed by atoms with van der Waals surface area (Å²) in [5, 5.41) is 47.6. The first-order valence-corrected chi connectivity index (χ1v) is 7.29. The van der Waals surface area contributed by atoms with Gasteiger partial charge in [-0.15, -0.1) is 6.58 Å². The smallest absolute Gasteiger partial charge is 0.361 e. The number of Topliss-reactive ketones (excluding diaryl/α,β-unsaturated/α-hetero) is 1.